The Morgan fingerprint density at radius 1 is 1.18 bits per heavy atom. The smallest absolute Gasteiger partial charge is 0.347 e. The zero-order valence-electron chi connectivity index (χ0n) is 17.9. The van der Waals surface area contributed by atoms with Crippen LogP contribution in [0.15, 0.2) is 82.3 Å². The molecule has 0 bridgehead atoms. The second-order valence-electron chi connectivity index (χ2n) is 7.32. The van der Waals surface area contributed by atoms with Gasteiger partial charge in [0.1, 0.15) is 16.9 Å². The Kier molecular flexibility index (Phi) is 6.26. The molecular formula is C25H18FN2O6+. The maximum Gasteiger partial charge on any atom is 0.347 e. The number of halogens is 1. The Labute approximate surface area is 192 Å². The van der Waals surface area contributed by atoms with Gasteiger partial charge < -0.3 is 9.15 Å². The summed E-state index contributed by atoms with van der Waals surface area (Å²) in [6.45, 7) is -0.0342. The van der Waals surface area contributed by atoms with Crippen molar-refractivity contribution in [3.05, 3.63) is 116 Å². The molecule has 0 spiro atoms. The highest BCUT2D eigenvalue weighted by atomic mass is 19.1. The Morgan fingerprint density at radius 3 is 2.62 bits per heavy atom. The molecule has 0 atom stereocenters. The Hall–Kier alpha value is -4.66. The van der Waals surface area contributed by atoms with Gasteiger partial charge in [0.05, 0.1) is 12.0 Å². The Bertz CT molecular complexity index is 1490. The lowest BCUT2D eigenvalue weighted by atomic mass is 10.1. The standard InChI is InChI=1S/C25H18FN2O6/c1-33-23-7-2-4-17-14-18(25(30)34-24(17)23)22(29)9-8-16-10-12-27(13-11-16)15-19-20(26)5-3-6-21(19)28(31)32/h2-14H,15H2,1H3/q+1/b9-8+. The van der Waals surface area contributed by atoms with E-state index in [0.29, 0.717) is 16.7 Å². The number of nitro benzene ring substituents is 1. The largest absolute Gasteiger partial charge is 0.493 e. The quantitative estimate of drug-likeness (QED) is 0.103. The third-order valence-electron chi connectivity index (χ3n) is 5.18. The van der Waals surface area contributed by atoms with Gasteiger partial charge in [-0.2, -0.15) is 0 Å². The molecule has 0 saturated carbocycles. The first-order valence-electron chi connectivity index (χ1n) is 10.1. The molecule has 9 heteroatoms. The number of benzene rings is 2. The fourth-order valence-electron chi connectivity index (χ4n) is 3.45. The number of para-hydroxylation sites is 1. The number of hydrogen-bond acceptors (Lipinski definition) is 6. The zero-order valence-corrected chi connectivity index (χ0v) is 17.9. The molecule has 0 aliphatic carbocycles. The van der Waals surface area contributed by atoms with Crippen LogP contribution in [0, 0.1) is 15.9 Å². The van der Waals surface area contributed by atoms with Crippen LogP contribution in [0.2, 0.25) is 0 Å². The highest BCUT2D eigenvalue weighted by molar-refractivity contribution is 6.08. The number of aromatic nitrogens is 1. The normalized spacial score (nSPS) is 11.1. The van der Waals surface area contributed by atoms with Crippen LogP contribution in [-0.2, 0) is 6.54 Å². The third-order valence-corrected chi connectivity index (χ3v) is 5.18. The van der Waals surface area contributed by atoms with Crippen molar-refractivity contribution in [2.45, 2.75) is 6.54 Å². The number of nitrogens with zero attached hydrogens (tertiary/aromatic N) is 2. The molecular weight excluding hydrogens is 443 g/mol. The van der Waals surface area contributed by atoms with Crippen LogP contribution in [0.3, 0.4) is 0 Å². The number of hydrogen-bond donors (Lipinski definition) is 0. The second-order valence-corrected chi connectivity index (χ2v) is 7.32. The van der Waals surface area contributed by atoms with E-state index in [1.54, 1.807) is 47.3 Å². The molecule has 0 saturated heterocycles. The van der Waals surface area contributed by atoms with Crippen molar-refractivity contribution in [2.75, 3.05) is 7.11 Å². The highest BCUT2D eigenvalue weighted by Crippen LogP contribution is 2.24. The van der Waals surface area contributed by atoms with Crippen LogP contribution in [-0.4, -0.2) is 17.8 Å². The molecule has 2 aromatic carbocycles. The number of fused-ring (bicyclic) bond motifs is 1. The molecule has 0 aliphatic heterocycles. The summed E-state index contributed by atoms with van der Waals surface area (Å²) in [6.07, 6.45) is 5.99. The number of ether oxygens (including phenoxy) is 1. The van der Waals surface area contributed by atoms with Crippen molar-refractivity contribution in [1.82, 2.24) is 0 Å². The number of methoxy groups -OCH3 is 1. The van der Waals surface area contributed by atoms with Gasteiger partial charge in [-0.05, 0) is 29.8 Å². The summed E-state index contributed by atoms with van der Waals surface area (Å²) in [5.74, 6) is -0.803. The summed E-state index contributed by atoms with van der Waals surface area (Å²) in [5, 5.41) is 11.7. The Balaban J connectivity index is 1.53. The number of carbonyl (C=O) groups excluding carboxylic acids is 1. The molecule has 2 heterocycles. The summed E-state index contributed by atoms with van der Waals surface area (Å²) >= 11 is 0. The monoisotopic (exact) mass is 461 g/mol. The van der Waals surface area contributed by atoms with Crippen LogP contribution in [0.5, 0.6) is 5.75 Å². The first-order valence-corrected chi connectivity index (χ1v) is 10.1. The minimum Gasteiger partial charge on any atom is -0.493 e. The molecule has 0 amide bonds. The number of pyridine rings is 1. The molecule has 0 fully saturated rings. The average Bonchev–Trinajstić information content (AvgIpc) is 2.83. The highest BCUT2D eigenvalue weighted by Gasteiger charge is 2.21. The molecule has 170 valence electrons. The van der Waals surface area contributed by atoms with Crippen molar-refractivity contribution in [3.8, 4) is 5.75 Å². The third kappa shape index (κ3) is 4.58. The van der Waals surface area contributed by atoms with Gasteiger partial charge in [0.15, 0.2) is 36.1 Å². The van der Waals surface area contributed by atoms with Gasteiger partial charge in [-0.15, -0.1) is 0 Å². The van der Waals surface area contributed by atoms with Crippen LogP contribution < -0.4 is 14.9 Å². The molecule has 34 heavy (non-hydrogen) atoms. The number of rotatable bonds is 7. The predicted octanol–water partition coefficient (Wildman–Crippen LogP) is 4.08. The van der Waals surface area contributed by atoms with Gasteiger partial charge in [-0.25, -0.2) is 13.8 Å². The summed E-state index contributed by atoms with van der Waals surface area (Å²) in [4.78, 5) is 35.5. The van der Waals surface area contributed by atoms with Crippen LogP contribution in [0.25, 0.3) is 17.0 Å². The molecule has 0 aliphatic rings. The summed E-state index contributed by atoms with van der Waals surface area (Å²) in [6, 6.07) is 13.6. The molecule has 4 rings (SSSR count). The average molecular weight is 461 g/mol. The van der Waals surface area contributed by atoms with Gasteiger partial charge in [0.2, 0.25) is 0 Å². The van der Waals surface area contributed by atoms with Crippen LogP contribution in [0.4, 0.5) is 10.1 Å². The maximum atomic E-state index is 14.1. The van der Waals surface area contributed by atoms with Crippen molar-refractivity contribution in [1.29, 1.82) is 0 Å². The first kappa shape index (κ1) is 22.5. The van der Waals surface area contributed by atoms with Crippen molar-refractivity contribution < 1.29 is 27.8 Å². The fraction of sp³-hybridized carbons (Fsp3) is 0.0800. The molecule has 0 N–H and O–H groups in total. The van der Waals surface area contributed by atoms with Crippen molar-refractivity contribution in [2.24, 2.45) is 0 Å². The van der Waals surface area contributed by atoms with Crippen molar-refractivity contribution >= 4 is 28.5 Å². The number of ketones is 1. The van der Waals surface area contributed by atoms with E-state index < -0.39 is 22.1 Å². The molecule has 2 aromatic heterocycles. The van der Waals surface area contributed by atoms with Gasteiger partial charge >= 0.3 is 5.63 Å². The summed E-state index contributed by atoms with van der Waals surface area (Å²) in [5.41, 5.74) is -0.318. The SMILES string of the molecule is COc1cccc2cc(C(=O)/C=C/c3cc[n+](Cc4c(F)cccc4[N+](=O)[O-])cc3)c(=O)oc12. The van der Waals surface area contributed by atoms with E-state index in [1.165, 1.54) is 43.5 Å². The molecule has 8 nitrogen and oxygen atoms in total. The first-order chi connectivity index (χ1) is 16.4. The topological polar surface area (TPSA) is 104 Å². The van der Waals surface area contributed by atoms with Gasteiger partial charge in [-0.1, -0.05) is 24.3 Å². The van der Waals surface area contributed by atoms with Gasteiger partial charge in [0, 0.05) is 23.6 Å². The van der Waals surface area contributed by atoms with Crippen molar-refractivity contribution in [3.63, 3.8) is 0 Å². The van der Waals surface area contributed by atoms with E-state index in [4.69, 9.17) is 9.15 Å². The minimum absolute atomic E-state index is 0.0318. The second kappa shape index (κ2) is 9.45. The van der Waals surface area contributed by atoms with Crippen LogP contribution in [0.1, 0.15) is 21.5 Å². The lowest BCUT2D eigenvalue weighted by Crippen LogP contribution is -2.34. The molecule has 4 aromatic rings. The number of carbonyl (C=O) groups is 1. The lowest BCUT2D eigenvalue weighted by molar-refractivity contribution is -0.689. The van der Waals surface area contributed by atoms with Gasteiger partial charge in [0.25, 0.3) is 5.69 Å². The van der Waals surface area contributed by atoms with E-state index in [0.717, 1.165) is 0 Å². The number of nitro groups is 1. The van der Waals surface area contributed by atoms with E-state index in [2.05, 4.69) is 0 Å². The van der Waals surface area contributed by atoms with Crippen LogP contribution >= 0.6 is 0 Å². The minimum atomic E-state index is -0.774. The van der Waals surface area contributed by atoms with E-state index in [-0.39, 0.29) is 28.9 Å². The maximum absolute atomic E-state index is 14.1. The fourth-order valence-corrected chi connectivity index (χ4v) is 3.45. The molecule has 0 radical (unpaired) electrons. The lowest BCUT2D eigenvalue weighted by Gasteiger charge is -2.04. The summed E-state index contributed by atoms with van der Waals surface area (Å²) < 4.78 is 26.1. The van der Waals surface area contributed by atoms with E-state index in [1.807, 2.05) is 0 Å². The predicted molar refractivity (Wildman–Crippen MR) is 121 cm³/mol. The van der Waals surface area contributed by atoms with E-state index in [9.17, 15) is 24.1 Å². The molecule has 0 unspecified atom stereocenters. The number of allylic oxidation sites excluding steroid dienone is 1. The zero-order chi connectivity index (χ0) is 24.2. The van der Waals surface area contributed by atoms with Gasteiger partial charge in [-0.3, -0.25) is 14.9 Å². The van der Waals surface area contributed by atoms with E-state index >= 15 is 0 Å². The Morgan fingerprint density at radius 2 is 1.91 bits per heavy atom. The summed E-state index contributed by atoms with van der Waals surface area (Å²) in [7, 11) is 1.46.